The van der Waals surface area contributed by atoms with Crippen molar-refractivity contribution in [2.75, 3.05) is 70.2 Å². The van der Waals surface area contributed by atoms with Crippen molar-refractivity contribution < 1.29 is 150 Å². The molecule has 0 saturated carbocycles. The summed E-state index contributed by atoms with van der Waals surface area (Å²) >= 11 is 17.1. The number of carboxylic acids is 1. The van der Waals surface area contributed by atoms with E-state index in [1.807, 2.05) is 95.4 Å². The molecule has 15 N–H and O–H groups in total. The van der Waals surface area contributed by atoms with Gasteiger partial charge in [0.2, 0.25) is 59.1 Å². The fourth-order valence-electron chi connectivity index (χ4n) is 16.7. The molecule has 9 heterocycles. The van der Waals surface area contributed by atoms with Crippen LogP contribution in [-0.2, 0) is 100 Å². The SMILES string of the molecule is CC(C)C[C@H](N)C(=O)N[C@@H](C[C@@H]1CCCNC1=O)C(=O)CCl.CC(C)C[C@H](NC(=O)OC(C)(C)C)C(=O)N[C@@H](C[C@@H]1CCCNC1=O)C(=O)CCl.CC(C)C[C@H](NC(=O)[C@H]1CCCO1)C(=O)N[C@@H](C[C@@H]1CCCNC1=O)C(=O)CCl.Cc1cc(C)c(C(=O)OCC(=O)[C@H](C[C@@H]2CCCNC2=O)NC(=O)[C@H](CC(C)C)NC(=O)[C@H]2CCCO2)c(C)n1.Cc1cc(C)c([C-]=O)c(C)n1.Cl.Cl.O=C(O)[C@H]1CCCO1.[Na+].[OH-]. The van der Waals surface area contributed by atoms with Gasteiger partial charge in [-0.2, -0.15) is 0 Å². The molecular weight excluding hydrogens is 1970 g/mol. The van der Waals surface area contributed by atoms with Crippen molar-refractivity contribution in [2.24, 2.45) is 53.1 Å². The number of hydrogen-bond donors (Lipinski definition) is 13. The van der Waals surface area contributed by atoms with Crippen LogP contribution in [0.2, 0.25) is 0 Å². The molecule has 0 aromatic carbocycles. The fraction of sp³-hybridized carbons (Fsp3) is 0.714. The Balaban J connectivity index is 0.00000177. The fourth-order valence-corrected chi connectivity index (χ4v) is 17.3. The number of ketones is 4. The second kappa shape index (κ2) is 69.9. The van der Waals surface area contributed by atoms with E-state index in [4.69, 9.17) is 69.3 Å². The number of aromatic nitrogens is 2. The van der Waals surface area contributed by atoms with Crippen LogP contribution in [0.1, 0.15) is 267 Å². The van der Waals surface area contributed by atoms with E-state index in [0.717, 1.165) is 67.6 Å². The number of alkyl halides is 3. The van der Waals surface area contributed by atoms with Gasteiger partial charge < -0.3 is 108 Å². The number of rotatable bonds is 41. The predicted molar refractivity (Wildman–Crippen MR) is 537 cm³/mol. The van der Waals surface area contributed by atoms with E-state index in [9.17, 15) is 86.3 Å². The zero-order valence-electron chi connectivity index (χ0n) is 86.2. The molecule has 7 aliphatic rings. The van der Waals surface area contributed by atoms with E-state index in [1.54, 1.807) is 40.7 Å². The zero-order valence-corrected chi connectivity index (χ0v) is 92.1. The molecule has 0 radical (unpaired) electrons. The number of aliphatic carboxylic acids is 1. The maximum Gasteiger partial charge on any atom is 1.00 e. The van der Waals surface area contributed by atoms with Gasteiger partial charge in [0.25, 0.3) is 0 Å². The van der Waals surface area contributed by atoms with E-state index in [2.05, 4.69) is 68.5 Å². The summed E-state index contributed by atoms with van der Waals surface area (Å²) in [5.41, 5.74) is 10.6. The van der Waals surface area contributed by atoms with Crippen molar-refractivity contribution in [1.82, 2.24) is 68.5 Å². The number of amides is 11. The number of carboxylic acid groups (broad SMARTS) is 1. The van der Waals surface area contributed by atoms with Crippen molar-refractivity contribution in [3.8, 4) is 0 Å². The number of alkyl carbamates (subject to hydrolysis) is 1. The molecular formula is C98H155Cl5N14NaO25-. The smallest absolute Gasteiger partial charge is 0.870 e. The van der Waals surface area contributed by atoms with Crippen molar-refractivity contribution in [3.63, 3.8) is 0 Å². The van der Waals surface area contributed by atoms with Gasteiger partial charge in [0.05, 0.1) is 65.4 Å². The first-order valence-electron chi connectivity index (χ1n) is 48.5. The van der Waals surface area contributed by atoms with Gasteiger partial charge in [-0.25, -0.2) is 14.4 Å². The number of halogens is 5. The minimum Gasteiger partial charge on any atom is -0.870 e. The van der Waals surface area contributed by atoms with Gasteiger partial charge in [0.1, 0.15) is 35.9 Å². The first kappa shape index (κ1) is 135. The van der Waals surface area contributed by atoms with Crippen LogP contribution in [0.25, 0.3) is 0 Å². The molecule has 15 atom stereocenters. The van der Waals surface area contributed by atoms with E-state index >= 15 is 0 Å². The average molecular weight is 2130 g/mol. The van der Waals surface area contributed by atoms with Crippen LogP contribution >= 0.6 is 59.6 Å². The number of esters is 1. The number of carbonyl (C=O) groups is 17. The van der Waals surface area contributed by atoms with Crippen molar-refractivity contribution >= 4 is 166 Å². The Bertz CT molecular complexity index is 4410. The molecule has 39 nitrogen and oxygen atoms in total. The summed E-state index contributed by atoms with van der Waals surface area (Å²) in [6.45, 7) is 35.2. The van der Waals surface area contributed by atoms with Crippen molar-refractivity contribution in [1.29, 1.82) is 0 Å². The summed E-state index contributed by atoms with van der Waals surface area (Å²) < 4.78 is 26.3. The van der Waals surface area contributed by atoms with Crippen LogP contribution in [0.4, 0.5) is 4.79 Å². The van der Waals surface area contributed by atoms with E-state index in [0.29, 0.717) is 139 Å². The third-order valence-corrected chi connectivity index (χ3v) is 24.5. The third-order valence-electron chi connectivity index (χ3n) is 23.7. The maximum atomic E-state index is 13.4. The Labute approximate surface area is 890 Å². The molecule has 7 saturated heterocycles. The molecule has 7 fully saturated rings. The van der Waals surface area contributed by atoms with Gasteiger partial charge in [0, 0.05) is 81.1 Å². The quantitative estimate of drug-likeness (QED) is 0.0183. The molecule has 0 unspecified atom stereocenters. The molecule has 2 aromatic rings. The predicted octanol–water partition coefficient (Wildman–Crippen LogP) is 4.84. The third kappa shape index (κ3) is 50.4. The van der Waals surface area contributed by atoms with Crippen LogP contribution in [0.5, 0.6) is 0 Å². The van der Waals surface area contributed by atoms with E-state index in [1.165, 1.54) is 0 Å². The first-order valence-corrected chi connectivity index (χ1v) is 50.1. The number of nitrogens with one attached hydrogen (secondary N) is 11. The Hall–Kier alpha value is -8.19. The molecule has 804 valence electrons. The minimum atomic E-state index is -1.08. The zero-order chi connectivity index (χ0) is 104. The number of nitrogens with zero attached hydrogens (tertiary/aromatic N) is 2. The Morgan fingerprint density at radius 3 is 1.05 bits per heavy atom. The molecule has 0 aliphatic carbocycles. The number of hydrogen-bond acceptors (Lipinski definition) is 27. The Morgan fingerprint density at radius 2 is 0.769 bits per heavy atom. The normalized spacial score (nSPS) is 20.0. The summed E-state index contributed by atoms with van der Waals surface area (Å²) in [6, 6.07) is -3.13. The Kier molecular flexibility index (Phi) is 65.9. The summed E-state index contributed by atoms with van der Waals surface area (Å²) in [7, 11) is 0. The number of carbonyl (C=O) groups excluding carboxylic acids is 17. The van der Waals surface area contributed by atoms with Gasteiger partial charge in [-0.1, -0.05) is 81.0 Å². The molecule has 11 amide bonds. The topological polar surface area (TPSA) is 588 Å². The van der Waals surface area contributed by atoms with Gasteiger partial charge in [-0.15, -0.1) is 70.7 Å². The van der Waals surface area contributed by atoms with Gasteiger partial charge in [-0.3, -0.25) is 72.1 Å². The van der Waals surface area contributed by atoms with Crippen molar-refractivity contribution in [3.05, 3.63) is 57.2 Å². The molecule has 0 bridgehead atoms. The molecule has 7 aliphatic heterocycles. The molecule has 143 heavy (non-hydrogen) atoms. The number of aryl methyl sites for hydroxylation is 6. The second-order valence-corrected chi connectivity index (χ2v) is 39.8. The van der Waals surface area contributed by atoms with Crippen LogP contribution in [0, 0.1) is 88.9 Å². The summed E-state index contributed by atoms with van der Waals surface area (Å²) in [6.07, 6.45) is 12.2. The van der Waals surface area contributed by atoms with Gasteiger partial charge in [0.15, 0.2) is 35.8 Å². The number of ether oxygens (including phenoxy) is 5. The summed E-state index contributed by atoms with van der Waals surface area (Å²) in [5.74, 6) is -7.56. The largest absolute Gasteiger partial charge is 1.00 e. The number of nitrogens with two attached hydrogens (primary N) is 1. The second-order valence-electron chi connectivity index (χ2n) is 39.0. The van der Waals surface area contributed by atoms with E-state index < -0.39 is 126 Å². The standard InChI is InChI=1S/C29H42N4O7.C20H32ClN3O5.C20H34ClN3O5.C15H26ClN3O3.C9H10NO.C5H8O3.2ClH.Na.H2O/c1-16(2)12-22(33-28(37)24-9-7-11-39-24)27(36)32-21(14-20-8-6-10-30-26(20)35)23(34)15-40-29(38)25-17(3)13-18(4)31-19(25)5;1-12(2)9-15(24-20(28)17-6-4-8-29-17)19(27)23-14(16(25)11-21)10-13-5-3-7-22-18(13)26;1-12(2)9-15(24-19(28)29-20(3,4)5)18(27)23-14(16(25)11-21)10-13-7-6-8-22-17(13)26;1-9(2)6-11(17)15(22)19-12(13(20)8-16)7-10-4-3-5-18-14(10)21;1-6-4-7(2)10-8(3)9(6)5-11;6-5(7)4-2-1-3-8-4;;;;/h13,16,20-22,24H,6-12,14-15H2,1-5H3,(H,30,35)(H,32,36)(H,33,37);12-15,17H,3-11H2,1-2H3,(H,22,26)(H,23,27)(H,24,28);12-15H,6-11H2,1-5H3,(H,22,26)(H,23,27)(H,24,28);9-12H,3-8,17H2,1-2H3,(H,18,21)(H,19,22);4H,1-3H3;4H,1-3H2,(H,6,7);2*1H;;1H2/q;;;;-1;;;;+1;/p-1/t20-,21-,22-,24+;13-,14-,15-,17+;13-,14-,15-;10-,11-,12-;;4-;;;;/m0000.1..../s1. The average Bonchev–Trinajstić information content (AvgIpc) is 1.09. The minimum absolute atomic E-state index is 0. The summed E-state index contributed by atoms with van der Waals surface area (Å²) in [4.78, 5) is 229. The van der Waals surface area contributed by atoms with Gasteiger partial charge in [-0.05, 0) is 225 Å². The molecule has 2 aromatic heterocycles. The number of Topliss-reactive ketones (excluding diaryl/α,β-unsaturated/α-hetero) is 4. The van der Waals surface area contributed by atoms with Crippen LogP contribution in [0.3, 0.4) is 0 Å². The Morgan fingerprint density at radius 1 is 0.455 bits per heavy atom. The van der Waals surface area contributed by atoms with Crippen LogP contribution in [0.15, 0.2) is 12.1 Å². The van der Waals surface area contributed by atoms with Crippen LogP contribution < -0.4 is 93.8 Å². The van der Waals surface area contributed by atoms with Crippen molar-refractivity contribution in [2.45, 2.75) is 331 Å². The monoisotopic (exact) mass is 2130 g/mol. The molecule has 0 spiro atoms. The maximum absolute atomic E-state index is 13.4. The number of piperidine rings is 4. The summed E-state index contributed by atoms with van der Waals surface area (Å²) in [5, 5.41) is 38.4. The van der Waals surface area contributed by atoms with Gasteiger partial charge >= 0.3 is 47.6 Å². The number of pyridine rings is 2. The molecule has 9 rings (SSSR count). The first-order chi connectivity index (χ1) is 65.5. The van der Waals surface area contributed by atoms with E-state index in [-0.39, 0.29) is 203 Å². The van der Waals surface area contributed by atoms with Crippen LogP contribution in [-0.4, -0.2) is 270 Å². The molecule has 45 heteroatoms.